The second-order valence-corrected chi connectivity index (χ2v) is 25.2. The molecule has 0 aliphatic rings. The van der Waals surface area contributed by atoms with Crippen molar-refractivity contribution in [2.45, 2.75) is 90.0 Å². The first-order valence-corrected chi connectivity index (χ1v) is 30.7. The predicted molar refractivity (Wildman–Crippen MR) is 335 cm³/mol. The molecule has 0 spiro atoms. The number of esters is 1. The minimum Gasteiger partial charge on any atom is -0.478 e. The number of rotatable bonds is 16. The van der Waals surface area contributed by atoms with E-state index in [4.69, 9.17) is 15.0 Å². The molecule has 0 saturated carbocycles. The minimum atomic E-state index is -3.77. The first-order chi connectivity index (χ1) is 40.7. The molecule has 16 nitrogen and oxygen atoms in total. The topological polar surface area (TPSA) is 252 Å². The van der Waals surface area contributed by atoms with Gasteiger partial charge >= 0.3 is 11.9 Å². The van der Waals surface area contributed by atoms with E-state index in [1.54, 1.807) is 48.5 Å². The Morgan fingerprint density at radius 1 is 0.488 bits per heavy atom. The monoisotopic (exact) mass is 1190 g/mol. The van der Waals surface area contributed by atoms with Crippen molar-refractivity contribution < 1.29 is 45.9 Å². The number of nitrogens with two attached hydrogens (primary N) is 2. The molecule has 0 saturated heterocycles. The Morgan fingerprint density at radius 2 is 0.849 bits per heavy atom. The van der Waals surface area contributed by atoms with Crippen molar-refractivity contribution in [1.82, 2.24) is 19.8 Å². The number of primary sulfonamides is 2. The molecule has 0 fully saturated rings. The van der Waals surface area contributed by atoms with Crippen molar-refractivity contribution in [1.29, 1.82) is 0 Å². The van der Waals surface area contributed by atoms with E-state index in [1.165, 1.54) is 24.3 Å². The summed E-state index contributed by atoms with van der Waals surface area (Å²) in [6.45, 7) is 15.5. The number of carboxylic acid groups (broad SMARTS) is 1. The molecule has 18 heteroatoms. The van der Waals surface area contributed by atoms with Crippen LogP contribution < -0.4 is 20.9 Å². The number of amides is 2. The SMILES string of the molecule is Cc1c(C)n(Cc2ccc(-c3ccccc3C(=O)O)cc2)c2ccc(C(=O)NCc3ccc(S(N)(=O)=O)cc3)cc12.Cc1c(C)n(Cc2ccc(-c3ccccc3C(=O)OC(C)(C)C)cc2)c2ccc(C(=O)NCc3ccc(S(N)(=O)=O)cc3)cc12. The van der Waals surface area contributed by atoms with E-state index in [0.29, 0.717) is 35.3 Å². The average Bonchev–Trinajstić information content (AvgIpc) is 3.13. The number of hydrogen-bond donors (Lipinski definition) is 5. The van der Waals surface area contributed by atoms with Crippen molar-refractivity contribution in [3.63, 3.8) is 0 Å². The highest BCUT2D eigenvalue weighted by atomic mass is 32.2. The second kappa shape index (κ2) is 25.0. The summed E-state index contributed by atoms with van der Waals surface area (Å²) in [5.74, 6) is -1.76. The Kier molecular flexibility index (Phi) is 17.8. The van der Waals surface area contributed by atoms with Gasteiger partial charge in [0.1, 0.15) is 5.60 Å². The lowest BCUT2D eigenvalue weighted by Crippen LogP contribution is -2.24. The molecular formula is C68H66N6O10S2. The summed E-state index contributed by atoms with van der Waals surface area (Å²) < 4.78 is 55.9. The van der Waals surface area contributed by atoms with Crippen molar-refractivity contribution in [2.75, 3.05) is 0 Å². The van der Waals surface area contributed by atoms with Gasteiger partial charge in [-0.1, -0.05) is 109 Å². The summed E-state index contributed by atoms with van der Waals surface area (Å²) in [4.78, 5) is 50.5. The smallest absolute Gasteiger partial charge is 0.339 e. The third-order valence-corrected chi connectivity index (χ3v) is 17.0. The van der Waals surface area contributed by atoms with Gasteiger partial charge in [-0.2, -0.15) is 0 Å². The number of aromatic carboxylic acids is 1. The molecule has 0 unspecified atom stereocenters. The number of hydrogen-bond acceptors (Lipinski definition) is 9. The van der Waals surface area contributed by atoms with Crippen LogP contribution in [0.1, 0.15) is 107 Å². The van der Waals surface area contributed by atoms with Crippen LogP contribution in [0.25, 0.3) is 44.1 Å². The largest absolute Gasteiger partial charge is 0.478 e. The van der Waals surface area contributed by atoms with Gasteiger partial charge in [0.25, 0.3) is 11.8 Å². The highest BCUT2D eigenvalue weighted by Crippen LogP contribution is 2.32. The van der Waals surface area contributed by atoms with E-state index >= 15 is 0 Å². The Bertz CT molecular complexity index is 4470. The quantitative estimate of drug-likeness (QED) is 0.0572. The standard InChI is InChI=1S/C36H37N3O5S.C32H29N3O5S/c1-23-24(2)39(22-26-10-14-27(15-11-26)30-8-6-7-9-31(30)35(41)44-36(3,4)5)33-19-16-28(20-32(23)33)34(40)38-21-25-12-17-29(18-13-25)45(37,42)43;1-20-21(2)35(19-23-7-11-24(12-8-23)27-5-3-4-6-28(27)32(37)38)30-16-13-25(17-29(20)30)31(36)34-18-22-9-14-26(15-10-22)41(33,39)40/h6-20H,21-22H2,1-5H3,(H,38,40)(H2,37,42,43);3-17H,18-19H2,1-2H3,(H,34,36)(H,37,38)(H2,33,39,40). The number of benzene rings is 8. The maximum Gasteiger partial charge on any atom is 0.339 e. The van der Waals surface area contributed by atoms with Gasteiger partial charge in [0.2, 0.25) is 20.0 Å². The van der Waals surface area contributed by atoms with Gasteiger partial charge < -0.3 is 29.6 Å². The fraction of sp³-hybridized carbons (Fsp3) is 0.176. The number of aryl methyl sites for hydroxylation is 2. The van der Waals surface area contributed by atoms with Gasteiger partial charge in [0, 0.05) is 70.5 Å². The van der Waals surface area contributed by atoms with Crippen LogP contribution in [0, 0.1) is 27.7 Å². The van der Waals surface area contributed by atoms with Crippen LogP contribution in [-0.2, 0) is 51.0 Å². The molecule has 0 radical (unpaired) electrons. The molecule has 0 aliphatic heterocycles. The number of carbonyl (C=O) groups is 4. The normalized spacial score (nSPS) is 11.7. The summed E-state index contributed by atoms with van der Waals surface area (Å²) in [6, 6.07) is 54.0. The molecule has 86 heavy (non-hydrogen) atoms. The second-order valence-electron chi connectivity index (χ2n) is 22.1. The van der Waals surface area contributed by atoms with Crippen molar-refractivity contribution in [2.24, 2.45) is 10.3 Å². The number of fused-ring (bicyclic) bond motifs is 2. The number of aromatic nitrogens is 2. The molecule has 0 aliphatic carbocycles. The molecule has 2 amide bonds. The first-order valence-electron chi connectivity index (χ1n) is 27.6. The first kappa shape index (κ1) is 61.1. The minimum absolute atomic E-state index is 0.0212. The Balaban J connectivity index is 0.000000206. The van der Waals surface area contributed by atoms with Crippen LogP contribution in [0.2, 0.25) is 0 Å². The number of nitrogens with one attached hydrogen (secondary N) is 2. The molecule has 2 heterocycles. The molecule has 0 bridgehead atoms. The fourth-order valence-corrected chi connectivity index (χ4v) is 11.3. The van der Waals surface area contributed by atoms with Crippen LogP contribution in [0.3, 0.4) is 0 Å². The van der Waals surface area contributed by atoms with Gasteiger partial charge in [0.05, 0.1) is 20.9 Å². The van der Waals surface area contributed by atoms with Crippen molar-refractivity contribution >= 4 is 65.6 Å². The fourth-order valence-electron chi connectivity index (χ4n) is 10.3. The molecule has 7 N–H and O–H groups in total. The number of nitrogens with zero attached hydrogens (tertiary/aromatic N) is 2. The van der Waals surface area contributed by atoms with Crippen LogP contribution >= 0.6 is 0 Å². The Morgan fingerprint density at radius 3 is 1.22 bits per heavy atom. The van der Waals surface area contributed by atoms with Crippen LogP contribution in [0.5, 0.6) is 0 Å². The van der Waals surface area contributed by atoms with Gasteiger partial charge in [0.15, 0.2) is 0 Å². The number of ether oxygens (including phenoxy) is 1. The average molecular weight is 1190 g/mol. The van der Waals surface area contributed by atoms with Gasteiger partial charge in [-0.15, -0.1) is 0 Å². The van der Waals surface area contributed by atoms with Crippen LogP contribution in [-0.4, -0.2) is 60.4 Å². The van der Waals surface area contributed by atoms with E-state index in [2.05, 4.69) is 52.7 Å². The zero-order valence-electron chi connectivity index (χ0n) is 48.6. The van der Waals surface area contributed by atoms with E-state index < -0.39 is 31.6 Å². The van der Waals surface area contributed by atoms with E-state index in [1.807, 2.05) is 125 Å². The molecule has 10 rings (SSSR count). The van der Waals surface area contributed by atoms with E-state index in [9.17, 15) is 41.1 Å². The van der Waals surface area contributed by atoms with Crippen LogP contribution in [0.4, 0.5) is 0 Å². The third kappa shape index (κ3) is 14.0. The zero-order chi connectivity index (χ0) is 61.8. The molecular weight excluding hydrogens is 1120 g/mol. The lowest BCUT2D eigenvalue weighted by Gasteiger charge is -2.20. The third-order valence-electron chi connectivity index (χ3n) is 15.1. The molecule has 440 valence electrons. The predicted octanol–water partition coefficient (Wildman–Crippen LogP) is 11.8. The highest BCUT2D eigenvalue weighted by molar-refractivity contribution is 7.89. The summed E-state index contributed by atoms with van der Waals surface area (Å²) in [5, 5.41) is 27.6. The van der Waals surface area contributed by atoms with Crippen LogP contribution in [0.15, 0.2) is 192 Å². The Hall–Kier alpha value is -9.46. The van der Waals surface area contributed by atoms with E-state index in [0.717, 1.165) is 83.3 Å². The van der Waals surface area contributed by atoms with E-state index in [-0.39, 0.29) is 46.2 Å². The van der Waals surface area contributed by atoms with Crippen molar-refractivity contribution in [3.05, 3.63) is 249 Å². The summed E-state index contributed by atoms with van der Waals surface area (Å²) in [5.41, 5.74) is 14.6. The summed E-state index contributed by atoms with van der Waals surface area (Å²) in [6.07, 6.45) is 0. The summed E-state index contributed by atoms with van der Waals surface area (Å²) in [7, 11) is -7.54. The maximum absolute atomic E-state index is 13.0. The highest BCUT2D eigenvalue weighted by Gasteiger charge is 2.22. The Labute approximate surface area is 500 Å². The lowest BCUT2D eigenvalue weighted by atomic mass is 9.98. The maximum atomic E-state index is 13.0. The molecule has 8 aromatic carbocycles. The molecule has 2 aromatic heterocycles. The van der Waals surface area contributed by atoms with Gasteiger partial charge in [-0.05, 0) is 177 Å². The number of carboxylic acids is 1. The molecule has 0 atom stereocenters. The lowest BCUT2D eigenvalue weighted by molar-refractivity contribution is 0.00698. The summed E-state index contributed by atoms with van der Waals surface area (Å²) >= 11 is 0. The zero-order valence-corrected chi connectivity index (χ0v) is 50.3. The number of carbonyl (C=O) groups excluding carboxylic acids is 3. The number of sulfonamides is 2. The molecule has 10 aromatic rings. The van der Waals surface area contributed by atoms with Gasteiger partial charge in [-0.3, -0.25) is 9.59 Å². The van der Waals surface area contributed by atoms with Gasteiger partial charge in [-0.25, -0.2) is 36.7 Å². The van der Waals surface area contributed by atoms with Crippen molar-refractivity contribution in [3.8, 4) is 22.3 Å².